The maximum Gasteiger partial charge on any atom is 0.223 e. The van der Waals surface area contributed by atoms with E-state index in [1.165, 1.54) is 38.5 Å². The summed E-state index contributed by atoms with van der Waals surface area (Å²) in [7, 11) is 0. The second-order valence-corrected chi connectivity index (χ2v) is 10.5. The van der Waals surface area contributed by atoms with E-state index in [2.05, 4.69) is 24.5 Å². The smallest absolute Gasteiger partial charge is 0.223 e. The molecule has 32 heavy (non-hydrogen) atoms. The molecule has 4 unspecified atom stereocenters. The summed E-state index contributed by atoms with van der Waals surface area (Å²) in [6.07, 6.45) is 13.8. The van der Waals surface area contributed by atoms with Crippen LogP contribution in [0.4, 0.5) is 0 Å². The van der Waals surface area contributed by atoms with E-state index in [1.807, 2.05) is 0 Å². The second kappa shape index (κ2) is 13.5. The van der Waals surface area contributed by atoms with Gasteiger partial charge in [-0.05, 0) is 63.2 Å². The highest BCUT2D eigenvalue weighted by molar-refractivity contribution is 5.81. The molecule has 0 radical (unpaired) electrons. The first-order valence-electron chi connectivity index (χ1n) is 13.3. The predicted octanol–water partition coefficient (Wildman–Crippen LogP) is 4.22. The SMILES string of the molecule is CC1CCCCC1OCCNC(=O)C1CCC(C(=O)NCCOC2CCCCC2C)CC1. The predicted molar refractivity (Wildman–Crippen MR) is 126 cm³/mol. The first-order chi connectivity index (χ1) is 15.5. The fraction of sp³-hybridized carbons (Fsp3) is 0.923. The topological polar surface area (TPSA) is 76.7 Å². The molecular weight excluding hydrogens is 404 g/mol. The van der Waals surface area contributed by atoms with Gasteiger partial charge in [0.1, 0.15) is 0 Å². The zero-order valence-corrected chi connectivity index (χ0v) is 20.4. The van der Waals surface area contributed by atoms with E-state index < -0.39 is 0 Å². The Morgan fingerprint density at radius 3 is 1.38 bits per heavy atom. The molecule has 2 amide bonds. The van der Waals surface area contributed by atoms with Crippen LogP contribution in [0.5, 0.6) is 0 Å². The van der Waals surface area contributed by atoms with Crippen LogP contribution in [0.3, 0.4) is 0 Å². The summed E-state index contributed by atoms with van der Waals surface area (Å²) in [5.41, 5.74) is 0. The minimum Gasteiger partial charge on any atom is -0.376 e. The Balaban J connectivity index is 1.23. The molecule has 0 saturated heterocycles. The molecule has 0 aromatic heterocycles. The van der Waals surface area contributed by atoms with Crippen molar-refractivity contribution in [1.82, 2.24) is 10.6 Å². The molecule has 0 spiro atoms. The lowest BCUT2D eigenvalue weighted by Crippen LogP contribution is -2.39. The number of carbonyl (C=O) groups excluding carboxylic acids is 2. The number of hydrogen-bond donors (Lipinski definition) is 2. The van der Waals surface area contributed by atoms with E-state index in [-0.39, 0.29) is 23.7 Å². The van der Waals surface area contributed by atoms with Crippen LogP contribution in [0.25, 0.3) is 0 Å². The Morgan fingerprint density at radius 2 is 1.00 bits per heavy atom. The Kier molecular flexibility index (Phi) is 10.8. The van der Waals surface area contributed by atoms with Crippen LogP contribution in [-0.2, 0) is 19.1 Å². The average molecular weight is 451 g/mol. The summed E-state index contributed by atoms with van der Waals surface area (Å²) in [5, 5.41) is 6.09. The monoisotopic (exact) mass is 450 g/mol. The molecule has 3 rings (SSSR count). The molecule has 6 nitrogen and oxygen atoms in total. The summed E-state index contributed by atoms with van der Waals surface area (Å²) in [5.74, 6) is 1.57. The number of hydrogen-bond acceptors (Lipinski definition) is 4. The van der Waals surface area contributed by atoms with Crippen LogP contribution < -0.4 is 10.6 Å². The van der Waals surface area contributed by atoms with Crippen LogP contribution in [0.15, 0.2) is 0 Å². The normalized spacial score (nSPS) is 33.4. The second-order valence-electron chi connectivity index (χ2n) is 10.5. The van der Waals surface area contributed by atoms with E-state index in [0.717, 1.165) is 38.5 Å². The van der Waals surface area contributed by atoms with Gasteiger partial charge in [-0.3, -0.25) is 9.59 Å². The molecule has 184 valence electrons. The minimum absolute atomic E-state index is 0.0313. The Labute approximate surface area is 194 Å². The number of carbonyl (C=O) groups is 2. The van der Waals surface area contributed by atoms with Gasteiger partial charge >= 0.3 is 0 Å². The van der Waals surface area contributed by atoms with Gasteiger partial charge in [0, 0.05) is 24.9 Å². The zero-order chi connectivity index (χ0) is 22.8. The highest BCUT2D eigenvalue weighted by atomic mass is 16.5. The fourth-order valence-corrected chi connectivity index (χ4v) is 5.74. The molecule has 6 heteroatoms. The number of ether oxygens (including phenoxy) is 2. The molecule has 2 N–H and O–H groups in total. The molecule has 4 atom stereocenters. The average Bonchev–Trinajstić information content (AvgIpc) is 2.81. The minimum atomic E-state index is 0.0313. The van der Waals surface area contributed by atoms with E-state index in [4.69, 9.17) is 9.47 Å². The molecule has 0 aromatic carbocycles. The van der Waals surface area contributed by atoms with Gasteiger partial charge in [-0.25, -0.2) is 0 Å². The van der Waals surface area contributed by atoms with Crippen LogP contribution in [-0.4, -0.2) is 50.3 Å². The van der Waals surface area contributed by atoms with Gasteiger partial charge in [-0.15, -0.1) is 0 Å². The maximum absolute atomic E-state index is 12.5. The van der Waals surface area contributed by atoms with Crippen molar-refractivity contribution >= 4 is 11.8 Å². The van der Waals surface area contributed by atoms with Gasteiger partial charge in [0.25, 0.3) is 0 Å². The van der Waals surface area contributed by atoms with Crippen molar-refractivity contribution in [3.63, 3.8) is 0 Å². The van der Waals surface area contributed by atoms with Crippen molar-refractivity contribution in [2.45, 2.75) is 103 Å². The lowest BCUT2D eigenvalue weighted by molar-refractivity contribution is -0.131. The lowest BCUT2D eigenvalue weighted by Gasteiger charge is -2.29. The molecule has 3 fully saturated rings. The van der Waals surface area contributed by atoms with Crippen LogP contribution in [0, 0.1) is 23.7 Å². The van der Waals surface area contributed by atoms with E-state index in [0.29, 0.717) is 50.3 Å². The summed E-state index contributed by atoms with van der Waals surface area (Å²) >= 11 is 0. The highest BCUT2D eigenvalue weighted by Crippen LogP contribution is 2.29. The standard InChI is InChI=1S/C26H46N2O4/c1-19-7-3-5-9-23(19)31-17-15-27-25(29)21-11-13-22(14-12-21)26(30)28-16-18-32-24-10-6-4-8-20(24)2/h19-24H,3-18H2,1-2H3,(H,27,29)(H,28,30). The van der Waals surface area contributed by atoms with Gasteiger partial charge in [0.2, 0.25) is 11.8 Å². The summed E-state index contributed by atoms with van der Waals surface area (Å²) in [6, 6.07) is 0. The van der Waals surface area contributed by atoms with E-state index in [1.54, 1.807) is 0 Å². The van der Waals surface area contributed by atoms with Crippen LogP contribution in [0.1, 0.15) is 90.9 Å². The van der Waals surface area contributed by atoms with Crippen LogP contribution >= 0.6 is 0 Å². The molecule has 0 bridgehead atoms. The van der Waals surface area contributed by atoms with Crippen molar-refractivity contribution in [3.05, 3.63) is 0 Å². The third kappa shape index (κ3) is 8.02. The largest absolute Gasteiger partial charge is 0.376 e. The molecule has 0 aromatic rings. The van der Waals surface area contributed by atoms with Crippen molar-refractivity contribution < 1.29 is 19.1 Å². The van der Waals surface area contributed by atoms with Crippen LogP contribution in [0.2, 0.25) is 0 Å². The molecule has 3 aliphatic carbocycles. The van der Waals surface area contributed by atoms with Gasteiger partial charge in [0.05, 0.1) is 25.4 Å². The number of nitrogens with one attached hydrogen (secondary N) is 2. The van der Waals surface area contributed by atoms with Crippen molar-refractivity contribution in [2.75, 3.05) is 26.3 Å². The number of rotatable bonds is 10. The van der Waals surface area contributed by atoms with Crippen molar-refractivity contribution in [3.8, 4) is 0 Å². The van der Waals surface area contributed by atoms with Gasteiger partial charge in [-0.2, -0.15) is 0 Å². The van der Waals surface area contributed by atoms with E-state index >= 15 is 0 Å². The van der Waals surface area contributed by atoms with Crippen molar-refractivity contribution in [1.29, 1.82) is 0 Å². The molecule has 3 aliphatic rings. The third-order valence-electron chi connectivity index (χ3n) is 8.00. The third-order valence-corrected chi connectivity index (χ3v) is 8.00. The van der Waals surface area contributed by atoms with Gasteiger partial charge < -0.3 is 20.1 Å². The molecular formula is C26H46N2O4. The Morgan fingerprint density at radius 1 is 0.625 bits per heavy atom. The van der Waals surface area contributed by atoms with E-state index in [9.17, 15) is 9.59 Å². The zero-order valence-electron chi connectivity index (χ0n) is 20.4. The Hall–Kier alpha value is -1.14. The van der Waals surface area contributed by atoms with Gasteiger partial charge in [-0.1, -0.05) is 39.5 Å². The molecule has 0 heterocycles. The lowest BCUT2D eigenvalue weighted by atomic mass is 9.81. The van der Waals surface area contributed by atoms with Gasteiger partial charge in [0.15, 0.2) is 0 Å². The van der Waals surface area contributed by atoms with Crippen molar-refractivity contribution in [2.24, 2.45) is 23.7 Å². The summed E-state index contributed by atoms with van der Waals surface area (Å²) in [6.45, 7) is 6.90. The fourth-order valence-electron chi connectivity index (χ4n) is 5.74. The maximum atomic E-state index is 12.5. The Bertz CT molecular complexity index is 526. The number of amides is 2. The first kappa shape index (κ1) is 25.5. The first-order valence-corrected chi connectivity index (χ1v) is 13.3. The molecule has 3 saturated carbocycles. The quantitative estimate of drug-likeness (QED) is 0.489. The highest BCUT2D eigenvalue weighted by Gasteiger charge is 2.30. The summed E-state index contributed by atoms with van der Waals surface area (Å²) < 4.78 is 12.0. The summed E-state index contributed by atoms with van der Waals surface area (Å²) in [4.78, 5) is 25.0. The molecule has 0 aliphatic heterocycles.